The third-order valence-corrected chi connectivity index (χ3v) is 6.53. The highest BCUT2D eigenvalue weighted by Crippen LogP contribution is 2.23. The van der Waals surface area contributed by atoms with E-state index < -0.39 is 22.1 Å². The molecular formula is C20H26N2O5S. The zero-order valence-electron chi connectivity index (χ0n) is 15.9. The van der Waals surface area contributed by atoms with Crippen LogP contribution in [-0.2, 0) is 24.3 Å². The van der Waals surface area contributed by atoms with Crippen molar-refractivity contribution in [2.45, 2.75) is 44.8 Å². The van der Waals surface area contributed by atoms with E-state index in [1.807, 2.05) is 30.3 Å². The van der Waals surface area contributed by atoms with Crippen molar-refractivity contribution in [3.8, 4) is 0 Å². The number of hydrogen-bond acceptors (Lipinski definition) is 5. The van der Waals surface area contributed by atoms with E-state index in [2.05, 4.69) is 5.32 Å². The Labute approximate surface area is 165 Å². The van der Waals surface area contributed by atoms with Gasteiger partial charge in [-0.15, -0.1) is 0 Å². The van der Waals surface area contributed by atoms with Crippen LogP contribution < -0.4 is 5.32 Å². The quantitative estimate of drug-likeness (QED) is 0.698. The lowest BCUT2D eigenvalue weighted by atomic mass is 9.98. The fourth-order valence-corrected chi connectivity index (χ4v) is 4.25. The monoisotopic (exact) mass is 406 g/mol. The molecule has 1 aliphatic heterocycles. The number of benzene rings is 1. The minimum Gasteiger partial charge on any atom is -0.452 e. The number of esters is 1. The van der Waals surface area contributed by atoms with Gasteiger partial charge in [-0.1, -0.05) is 30.3 Å². The molecule has 1 amide bonds. The van der Waals surface area contributed by atoms with Gasteiger partial charge < -0.3 is 10.1 Å². The van der Waals surface area contributed by atoms with Crippen molar-refractivity contribution in [2.24, 2.45) is 5.92 Å². The van der Waals surface area contributed by atoms with Gasteiger partial charge in [0.25, 0.3) is 5.91 Å². The SMILES string of the molecule is C[C@@H](OC(=O)C1CCN(S(=O)(=O)/C=C/c2ccccc2)CC1)C(=O)NC1CC1. The van der Waals surface area contributed by atoms with Crippen LogP contribution in [0.15, 0.2) is 35.7 Å². The van der Waals surface area contributed by atoms with Crippen molar-refractivity contribution < 1.29 is 22.7 Å². The van der Waals surface area contributed by atoms with Gasteiger partial charge in [-0.05, 0) is 44.2 Å². The van der Waals surface area contributed by atoms with E-state index in [-0.39, 0.29) is 31.0 Å². The molecule has 0 unspecified atom stereocenters. The maximum atomic E-state index is 12.5. The summed E-state index contributed by atoms with van der Waals surface area (Å²) in [5, 5.41) is 4.00. The van der Waals surface area contributed by atoms with Crippen LogP contribution in [0.3, 0.4) is 0 Å². The van der Waals surface area contributed by atoms with Crippen LogP contribution in [0.4, 0.5) is 0 Å². The summed E-state index contributed by atoms with van der Waals surface area (Å²) in [4.78, 5) is 24.2. The summed E-state index contributed by atoms with van der Waals surface area (Å²) in [6.07, 6.45) is 3.44. The average Bonchev–Trinajstić information content (AvgIpc) is 3.51. The number of ether oxygens (including phenoxy) is 1. The predicted molar refractivity (Wildman–Crippen MR) is 105 cm³/mol. The van der Waals surface area contributed by atoms with E-state index in [4.69, 9.17) is 4.74 Å². The van der Waals surface area contributed by atoms with Gasteiger partial charge in [0.2, 0.25) is 10.0 Å². The summed E-state index contributed by atoms with van der Waals surface area (Å²) < 4.78 is 31.6. The molecule has 152 valence electrons. The molecule has 2 fully saturated rings. The van der Waals surface area contributed by atoms with Crippen LogP contribution in [-0.4, -0.2) is 49.8 Å². The number of carbonyl (C=O) groups excluding carboxylic acids is 2. The van der Waals surface area contributed by atoms with Crippen LogP contribution in [0.5, 0.6) is 0 Å². The fourth-order valence-electron chi connectivity index (χ4n) is 3.03. The number of carbonyl (C=O) groups is 2. The second-order valence-electron chi connectivity index (χ2n) is 7.29. The summed E-state index contributed by atoms with van der Waals surface area (Å²) in [6, 6.07) is 9.42. The van der Waals surface area contributed by atoms with Crippen LogP contribution in [0.2, 0.25) is 0 Å². The topological polar surface area (TPSA) is 92.8 Å². The van der Waals surface area contributed by atoms with E-state index in [1.165, 1.54) is 9.71 Å². The molecule has 1 aromatic rings. The van der Waals surface area contributed by atoms with E-state index in [0.29, 0.717) is 12.8 Å². The zero-order valence-corrected chi connectivity index (χ0v) is 16.7. The van der Waals surface area contributed by atoms with Gasteiger partial charge in [-0.2, -0.15) is 4.31 Å². The third-order valence-electron chi connectivity index (χ3n) is 4.97. The molecule has 7 nitrogen and oxygen atoms in total. The third kappa shape index (κ3) is 5.65. The first-order valence-corrected chi connectivity index (χ1v) is 11.1. The summed E-state index contributed by atoms with van der Waals surface area (Å²) in [5.41, 5.74) is 0.808. The first-order chi connectivity index (χ1) is 13.3. The Morgan fingerprint density at radius 3 is 2.39 bits per heavy atom. The van der Waals surface area contributed by atoms with Gasteiger partial charge in [0.1, 0.15) is 0 Å². The van der Waals surface area contributed by atoms with E-state index >= 15 is 0 Å². The molecule has 1 saturated carbocycles. The van der Waals surface area contributed by atoms with Gasteiger partial charge in [0, 0.05) is 24.5 Å². The lowest BCUT2D eigenvalue weighted by molar-refractivity contribution is -0.159. The maximum absolute atomic E-state index is 12.5. The molecule has 28 heavy (non-hydrogen) atoms. The number of amides is 1. The highest BCUT2D eigenvalue weighted by atomic mass is 32.2. The molecule has 8 heteroatoms. The van der Waals surface area contributed by atoms with Gasteiger partial charge in [-0.3, -0.25) is 9.59 Å². The second kappa shape index (κ2) is 8.87. The Bertz CT molecular complexity index is 825. The minimum atomic E-state index is -3.54. The molecular weight excluding hydrogens is 380 g/mol. The Kier molecular flexibility index (Phi) is 6.51. The van der Waals surface area contributed by atoms with Gasteiger partial charge in [-0.25, -0.2) is 8.42 Å². The van der Waals surface area contributed by atoms with Crippen molar-refractivity contribution in [2.75, 3.05) is 13.1 Å². The molecule has 1 heterocycles. The summed E-state index contributed by atoms with van der Waals surface area (Å²) in [6.45, 7) is 2.07. The molecule has 0 radical (unpaired) electrons. The Hall–Kier alpha value is -2.19. The normalized spacial score (nSPS) is 20.0. The number of nitrogens with zero attached hydrogens (tertiary/aromatic N) is 1. The molecule has 0 bridgehead atoms. The molecule has 2 aliphatic rings. The largest absolute Gasteiger partial charge is 0.452 e. The summed E-state index contributed by atoms with van der Waals surface area (Å²) >= 11 is 0. The van der Waals surface area contributed by atoms with Crippen LogP contribution in [0.25, 0.3) is 6.08 Å². The standard InChI is InChI=1S/C20H26N2O5S/c1-15(19(23)21-18-7-8-18)27-20(24)17-9-12-22(13-10-17)28(25,26)14-11-16-5-3-2-4-6-16/h2-6,11,14-15,17-18H,7-10,12-13H2,1H3,(H,21,23)/b14-11+/t15-/m1/s1. The molecule has 0 spiro atoms. The number of hydrogen-bond donors (Lipinski definition) is 1. The zero-order chi connectivity index (χ0) is 20.1. The number of piperidine rings is 1. The average molecular weight is 407 g/mol. The number of sulfonamides is 1. The van der Waals surface area contributed by atoms with E-state index in [1.54, 1.807) is 13.0 Å². The molecule has 1 atom stereocenters. The van der Waals surface area contributed by atoms with E-state index in [9.17, 15) is 18.0 Å². The second-order valence-corrected chi connectivity index (χ2v) is 9.11. The molecule has 3 rings (SSSR count). The fraction of sp³-hybridized carbons (Fsp3) is 0.500. The van der Waals surface area contributed by atoms with Crippen molar-refractivity contribution >= 4 is 28.0 Å². The number of rotatable bonds is 7. The highest BCUT2D eigenvalue weighted by Gasteiger charge is 2.33. The molecule has 1 saturated heterocycles. The lowest BCUT2D eigenvalue weighted by Gasteiger charge is -2.29. The Balaban J connectivity index is 1.48. The van der Waals surface area contributed by atoms with Gasteiger partial charge in [0.15, 0.2) is 6.10 Å². The minimum absolute atomic E-state index is 0.214. The predicted octanol–water partition coefficient (Wildman–Crippen LogP) is 1.91. The maximum Gasteiger partial charge on any atom is 0.309 e. The van der Waals surface area contributed by atoms with Crippen LogP contribution in [0.1, 0.15) is 38.2 Å². The first-order valence-electron chi connectivity index (χ1n) is 9.59. The molecule has 1 aromatic carbocycles. The van der Waals surface area contributed by atoms with Gasteiger partial charge >= 0.3 is 5.97 Å². The highest BCUT2D eigenvalue weighted by molar-refractivity contribution is 7.92. The molecule has 1 N–H and O–H groups in total. The Morgan fingerprint density at radius 1 is 1.14 bits per heavy atom. The van der Waals surface area contributed by atoms with Crippen molar-refractivity contribution in [1.29, 1.82) is 0 Å². The van der Waals surface area contributed by atoms with Crippen LogP contribution in [0, 0.1) is 5.92 Å². The molecule has 1 aliphatic carbocycles. The summed E-state index contributed by atoms with van der Waals surface area (Å²) in [5.74, 6) is -1.10. The Morgan fingerprint density at radius 2 is 1.79 bits per heavy atom. The van der Waals surface area contributed by atoms with Crippen molar-refractivity contribution in [1.82, 2.24) is 9.62 Å². The number of nitrogens with one attached hydrogen (secondary N) is 1. The smallest absolute Gasteiger partial charge is 0.309 e. The lowest BCUT2D eigenvalue weighted by Crippen LogP contribution is -2.42. The van der Waals surface area contributed by atoms with Crippen LogP contribution >= 0.6 is 0 Å². The van der Waals surface area contributed by atoms with Gasteiger partial charge in [0.05, 0.1) is 5.92 Å². The van der Waals surface area contributed by atoms with Crippen molar-refractivity contribution in [3.05, 3.63) is 41.3 Å². The van der Waals surface area contributed by atoms with Crippen molar-refractivity contribution in [3.63, 3.8) is 0 Å². The first kappa shape index (κ1) is 20.5. The summed E-state index contributed by atoms with van der Waals surface area (Å²) in [7, 11) is -3.54. The molecule has 0 aromatic heterocycles. The van der Waals surface area contributed by atoms with E-state index in [0.717, 1.165) is 18.4 Å².